The Balaban J connectivity index is 1.71. The van der Waals surface area contributed by atoms with E-state index in [1.165, 1.54) is 6.92 Å². The van der Waals surface area contributed by atoms with Crippen LogP contribution in [0, 0.1) is 5.92 Å². The molecule has 0 amide bonds. The number of carbonyl (C=O) groups is 1. The summed E-state index contributed by atoms with van der Waals surface area (Å²) in [5.41, 5.74) is 0.265. The third-order valence-electron chi connectivity index (χ3n) is 6.82. The van der Waals surface area contributed by atoms with E-state index in [0.29, 0.717) is 24.4 Å². The third-order valence-corrected chi connectivity index (χ3v) is 6.82. The molecule has 0 aromatic heterocycles. The third kappa shape index (κ3) is 1.71. The Morgan fingerprint density at radius 3 is 3.00 bits per heavy atom. The van der Waals surface area contributed by atoms with E-state index in [2.05, 4.69) is 0 Å². The van der Waals surface area contributed by atoms with Gasteiger partial charge in [-0.2, -0.15) is 0 Å². The monoisotopic (exact) mass is 358 g/mol. The van der Waals surface area contributed by atoms with Crippen molar-refractivity contribution in [2.24, 2.45) is 5.92 Å². The molecule has 1 heterocycles. The molecule has 3 N–H and O–H groups in total. The number of hydrogen-bond acceptors (Lipinski definition) is 6. The number of phenols is 1. The van der Waals surface area contributed by atoms with Crippen molar-refractivity contribution in [3.05, 3.63) is 35.1 Å². The van der Waals surface area contributed by atoms with Crippen molar-refractivity contribution in [2.75, 3.05) is 0 Å². The Morgan fingerprint density at radius 1 is 1.42 bits per heavy atom. The van der Waals surface area contributed by atoms with Crippen LogP contribution in [-0.4, -0.2) is 39.1 Å². The second kappa shape index (κ2) is 5.02. The number of ether oxygens (including phenoxy) is 2. The molecule has 5 atom stereocenters. The lowest BCUT2D eigenvalue weighted by atomic mass is 9.47. The molecule has 1 spiro atoms. The summed E-state index contributed by atoms with van der Waals surface area (Å²) < 4.78 is 11.6. The van der Waals surface area contributed by atoms with E-state index in [-0.39, 0.29) is 11.7 Å². The zero-order valence-corrected chi connectivity index (χ0v) is 14.6. The molecule has 3 aliphatic carbocycles. The lowest BCUT2D eigenvalue weighted by Crippen LogP contribution is -2.67. The Kier molecular flexibility index (Phi) is 3.12. The van der Waals surface area contributed by atoms with Crippen molar-refractivity contribution >= 4 is 5.97 Å². The van der Waals surface area contributed by atoms with E-state index in [9.17, 15) is 20.1 Å². The molecule has 138 valence electrons. The average Bonchev–Trinajstić information content (AvgIpc) is 2.94. The van der Waals surface area contributed by atoms with Crippen molar-refractivity contribution < 1.29 is 29.6 Å². The Labute approximate surface area is 151 Å². The highest BCUT2D eigenvalue weighted by atomic mass is 16.6. The molecule has 5 rings (SSSR count). The van der Waals surface area contributed by atoms with Crippen LogP contribution in [0.5, 0.6) is 11.5 Å². The predicted molar refractivity (Wildman–Crippen MR) is 90.7 cm³/mol. The minimum atomic E-state index is -1.24. The molecule has 1 unspecified atom stereocenters. The summed E-state index contributed by atoms with van der Waals surface area (Å²) in [6.45, 7) is 1.35. The fraction of sp³-hybridized carbons (Fsp3) is 0.550. The van der Waals surface area contributed by atoms with E-state index in [1.807, 2.05) is 6.07 Å². The minimum absolute atomic E-state index is 0.0418. The molecule has 1 aliphatic heterocycles. The first kappa shape index (κ1) is 16.1. The van der Waals surface area contributed by atoms with Gasteiger partial charge in [-0.3, -0.25) is 0 Å². The van der Waals surface area contributed by atoms with E-state index < -0.39 is 29.2 Å². The number of aliphatic hydroxyl groups excluding tert-OH is 1. The molecule has 2 bridgehead atoms. The standard InChI is InChI=1S/C20H22O6/c1-10(21)18(23)25-14-6-8-20(24)12-3-2-7-19(20)15-11(9-12)4-5-13(22)16(15)26-17(14)19/h4-6,10,12,17,21-22,24H,2-3,7-9H2,1H3/t10-,12-,17+,19?,20-/m1/s1. The molecule has 0 saturated heterocycles. The summed E-state index contributed by atoms with van der Waals surface area (Å²) in [6, 6.07) is 3.55. The molecule has 4 aliphatic rings. The van der Waals surface area contributed by atoms with Crippen LogP contribution in [0.25, 0.3) is 0 Å². The summed E-state index contributed by atoms with van der Waals surface area (Å²) in [7, 11) is 0. The van der Waals surface area contributed by atoms with Gasteiger partial charge in [0.1, 0.15) is 11.9 Å². The predicted octanol–water partition coefficient (Wildman–Crippen LogP) is 1.69. The van der Waals surface area contributed by atoms with Gasteiger partial charge in [0, 0.05) is 5.56 Å². The fourth-order valence-corrected chi connectivity index (χ4v) is 5.73. The lowest BCUT2D eigenvalue weighted by molar-refractivity contribution is -0.164. The molecule has 1 fully saturated rings. The average molecular weight is 358 g/mol. The minimum Gasteiger partial charge on any atom is -0.504 e. The number of benzene rings is 1. The van der Waals surface area contributed by atoms with Crippen LogP contribution in [0.2, 0.25) is 0 Å². The number of hydrogen-bond donors (Lipinski definition) is 3. The van der Waals surface area contributed by atoms with E-state index in [4.69, 9.17) is 9.47 Å². The van der Waals surface area contributed by atoms with Gasteiger partial charge in [0.2, 0.25) is 0 Å². The first-order valence-electron chi connectivity index (χ1n) is 9.22. The van der Waals surface area contributed by atoms with Crippen LogP contribution in [0.1, 0.15) is 43.7 Å². The van der Waals surface area contributed by atoms with Gasteiger partial charge in [0.05, 0.1) is 11.0 Å². The molecular formula is C20H22O6. The molecule has 1 aromatic rings. The molecule has 1 aromatic carbocycles. The Morgan fingerprint density at radius 2 is 2.23 bits per heavy atom. The van der Waals surface area contributed by atoms with Crippen molar-refractivity contribution in [1.29, 1.82) is 0 Å². The maximum atomic E-state index is 12.0. The molecule has 6 nitrogen and oxygen atoms in total. The summed E-state index contributed by atoms with van der Waals surface area (Å²) in [5.74, 6) is 0.123. The second-order valence-corrected chi connectivity index (χ2v) is 8.04. The number of esters is 1. The van der Waals surface area contributed by atoms with Crippen LogP contribution in [0.4, 0.5) is 0 Å². The number of rotatable bonds is 2. The van der Waals surface area contributed by atoms with Gasteiger partial charge in [-0.25, -0.2) is 4.79 Å². The van der Waals surface area contributed by atoms with Gasteiger partial charge in [0.15, 0.2) is 17.6 Å². The van der Waals surface area contributed by atoms with Crippen LogP contribution in [-0.2, 0) is 21.4 Å². The fourth-order valence-electron chi connectivity index (χ4n) is 5.73. The van der Waals surface area contributed by atoms with Crippen LogP contribution in [0.15, 0.2) is 24.0 Å². The van der Waals surface area contributed by atoms with E-state index in [1.54, 1.807) is 12.1 Å². The van der Waals surface area contributed by atoms with Crippen LogP contribution < -0.4 is 4.74 Å². The molecule has 26 heavy (non-hydrogen) atoms. The maximum absolute atomic E-state index is 12.0. The number of aromatic hydroxyl groups is 1. The smallest absolute Gasteiger partial charge is 0.339 e. The van der Waals surface area contributed by atoms with Crippen molar-refractivity contribution in [3.8, 4) is 11.5 Å². The lowest BCUT2D eigenvalue weighted by Gasteiger charge is -2.59. The SMILES string of the molecule is C[C@@H](O)C(=O)OC1=CC[C@@]2(O)[C@@H]3CCCC24c2c(ccc(O)c2O[C@@H]14)C3. The van der Waals surface area contributed by atoms with E-state index in [0.717, 1.165) is 30.4 Å². The molecule has 6 heteroatoms. The topological polar surface area (TPSA) is 96.2 Å². The van der Waals surface area contributed by atoms with Gasteiger partial charge in [0.25, 0.3) is 0 Å². The molecular weight excluding hydrogens is 336 g/mol. The number of phenolic OH excluding ortho intramolecular Hbond substituents is 1. The van der Waals surface area contributed by atoms with Crippen molar-refractivity contribution in [1.82, 2.24) is 0 Å². The van der Waals surface area contributed by atoms with Gasteiger partial charge >= 0.3 is 5.97 Å². The maximum Gasteiger partial charge on any atom is 0.339 e. The number of aliphatic hydroxyl groups is 2. The first-order valence-corrected chi connectivity index (χ1v) is 9.22. The van der Waals surface area contributed by atoms with Crippen LogP contribution in [0.3, 0.4) is 0 Å². The largest absolute Gasteiger partial charge is 0.504 e. The van der Waals surface area contributed by atoms with Gasteiger partial charge in [-0.1, -0.05) is 12.5 Å². The highest BCUT2D eigenvalue weighted by Gasteiger charge is 2.70. The van der Waals surface area contributed by atoms with Gasteiger partial charge in [-0.15, -0.1) is 0 Å². The Hall–Kier alpha value is -2.05. The highest BCUT2D eigenvalue weighted by molar-refractivity contribution is 5.75. The highest BCUT2D eigenvalue weighted by Crippen LogP contribution is 2.67. The first-order chi connectivity index (χ1) is 12.4. The number of carbonyl (C=O) groups excluding carboxylic acids is 1. The normalized spacial score (nSPS) is 37.3. The van der Waals surface area contributed by atoms with Gasteiger partial charge < -0.3 is 24.8 Å². The van der Waals surface area contributed by atoms with Crippen molar-refractivity contribution in [3.63, 3.8) is 0 Å². The second-order valence-electron chi connectivity index (χ2n) is 8.04. The zero-order valence-electron chi connectivity index (χ0n) is 14.6. The quantitative estimate of drug-likeness (QED) is 0.696. The summed E-state index contributed by atoms with van der Waals surface area (Å²) in [6.07, 6.45) is 3.52. The Bertz CT molecular complexity index is 843. The zero-order chi connectivity index (χ0) is 18.3. The van der Waals surface area contributed by atoms with Crippen molar-refractivity contribution in [2.45, 2.75) is 62.3 Å². The van der Waals surface area contributed by atoms with E-state index >= 15 is 0 Å². The summed E-state index contributed by atoms with van der Waals surface area (Å²) >= 11 is 0. The summed E-state index contributed by atoms with van der Waals surface area (Å²) in [4.78, 5) is 12.0. The molecule has 0 radical (unpaired) electrons. The van der Waals surface area contributed by atoms with Gasteiger partial charge in [-0.05, 0) is 56.2 Å². The summed E-state index contributed by atoms with van der Waals surface area (Å²) in [5, 5.41) is 31.7. The van der Waals surface area contributed by atoms with Crippen LogP contribution >= 0.6 is 0 Å². The molecule has 1 saturated carbocycles.